The first-order chi connectivity index (χ1) is 14.8. The molecule has 0 saturated heterocycles. The van der Waals surface area contributed by atoms with Gasteiger partial charge in [-0.2, -0.15) is 13.2 Å². The fourth-order valence-electron chi connectivity index (χ4n) is 3.30. The normalized spacial score (nSPS) is 14.1. The van der Waals surface area contributed by atoms with Gasteiger partial charge in [-0.1, -0.05) is 25.4 Å². The van der Waals surface area contributed by atoms with E-state index >= 15 is 0 Å². The molecular weight excluding hydrogens is 456 g/mol. The van der Waals surface area contributed by atoms with Crippen LogP contribution >= 0.6 is 11.6 Å². The molecule has 2 heterocycles. The number of amides is 1. The summed E-state index contributed by atoms with van der Waals surface area (Å²) in [6.07, 6.45) is -6.47. The first kappa shape index (κ1) is 23.7. The quantitative estimate of drug-likeness (QED) is 0.491. The summed E-state index contributed by atoms with van der Waals surface area (Å²) in [6, 6.07) is 2.17. The van der Waals surface area contributed by atoms with Gasteiger partial charge in [0, 0.05) is 17.3 Å². The molecule has 32 heavy (non-hydrogen) atoms. The van der Waals surface area contributed by atoms with Crippen molar-refractivity contribution in [3.8, 4) is 11.4 Å². The number of alkyl halides is 3. The van der Waals surface area contributed by atoms with Crippen molar-refractivity contribution >= 4 is 23.0 Å². The Hall–Kier alpha value is -2.92. The number of benzene rings is 1. The molecule has 2 unspecified atom stereocenters. The van der Waals surface area contributed by atoms with Gasteiger partial charge in [0.15, 0.2) is 11.9 Å². The van der Waals surface area contributed by atoms with Crippen LogP contribution in [-0.4, -0.2) is 43.9 Å². The fraction of sp³-hybridized carbons (Fsp3) is 0.350. The van der Waals surface area contributed by atoms with E-state index in [1.54, 1.807) is 13.8 Å². The number of halogens is 5. The number of aromatic amines is 1. The van der Waals surface area contributed by atoms with Gasteiger partial charge >= 0.3 is 6.18 Å². The Morgan fingerprint density at radius 3 is 2.50 bits per heavy atom. The summed E-state index contributed by atoms with van der Waals surface area (Å²) in [5, 5.41) is 15.6. The summed E-state index contributed by atoms with van der Waals surface area (Å²) in [6.45, 7) is 4.41. The number of H-pyrrole nitrogens is 1. The van der Waals surface area contributed by atoms with Gasteiger partial charge in [0.25, 0.3) is 11.5 Å². The van der Waals surface area contributed by atoms with Crippen LogP contribution in [-0.2, 0) is 0 Å². The molecular formula is C20H19ClF4N4O3. The molecule has 3 aromatic rings. The number of fused-ring (bicyclic) bond motifs is 1. The number of hydrogen-bond donors (Lipinski definition) is 3. The van der Waals surface area contributed by atoms with E-state index in [0.717, 1.165) is 17.5 Å². The molecule has 0 aliphatic rings. The van der Waals surface area contributed by atoms with Gasteiger partial charge in [0.05, 0.1) is 16.6 Å². The van der Waals surface area contributed by atoms with E-state index in [-0.39, 0.29) is 39.0 Å². The second-order valence-electron chi connectivity index (χ2n) is 7.58. The highest BCUT2D eigenvalue weighted by atomic mass is 35.5. The van der Waals surface area contributed by atoms with Crippen molar-refractivity contribution in [2.24, 2.45) is 0 Å². The van der Waals surface area contributed by atoms with Crippen LogP contribution < -0.4 is 10.9 Å². The number of hydrogen-bond acceptors (Lipinski definition) is 4. The van der Waals surface area contributed by atoms with Crippen LogP contribution in [0.15, 0.2) is 29.2 Å². The number of carbonyl (C=O) groups is 1. The Labute approximate surface area is 184 Å². The number of aliphatic hydroxyl groups excluding tert-OH is 1. The van der Waals surface area contributed by atoms with Gasteiger partial charge in [-0.15, -0.1) is 5.10 Å². The Kier molecular flexibility index (Phi) is 6.34. The molecule has 0 aliphatic heterocycles. The summed E-state index contributed by atoms with van der Waals surface area (Å²) in [5.74, 6) is -2.01. The molecule has 0 aliphatic carbocycles. The van der Waals surface area contributed by atoms with Crippen molar-refractivity contribution in [2.45, 2.75) is 45.0 Å². The van der Waals surface area contributed by atoms with Crippen LogP contribution in [0.25, 0.3) is 16.9 Å². The molecule has 3 rings (SSSR count). The molecule has 2 aromatic heterocycles. The van der Waals surface area contributed by atoms with Gasteiger partial charge in [0.2, 0.25) is 0 Å². The van der Waals surface area contributed by atoms with Crippen molar-refractivity contribution in [1.29, 1.82) is 0 Å². The van der Waals surface area contributed by atoms with E-state index in [2.05, 4.69) is 15.4 Å². The molecule has 0 saturated carbocycles. The molecule has 1 aromatic carbocycles. The first-order valence-corrected chi connectivity index (χ1v) is 9.85. The van der Waals surface area contributed by atoms with Gasteiger partial charge in [0.1, 0.15) is 11.3 Å². The lowest BCUT2D eigenvalue weighted by Gasteiger charge is -2.22. The minimum Gasteiger partial charge on any atom is -0.382 e. The highest BCUT2D eigenvalue weighted by Crippen LogP contribution is 2.27. The third-order valence-electron chi connectivity index (χ3n) is 4.86. The van der Waals surface area contributed by atoms with E-state index in [9.17, 15) is 32.3 Å². The molecule has 172 valence electrons. The fourth-order valence-corrected chi connectivity index (χ4v) is 3.42. The third-order valence-corrected chi connectivity index (χ3v) is 5.17. The lowest BCUT2D eigenvalue weighted by Crippen LogP contribution is -2.48. The van der Waals surface area contributed by atoms with Crippen LogP contribution in [0.5, 0.6) is 0 Å². The van der Waals surface area contributed by atoms with Crippen LogP contribution in [0, 0.1) is 5.82 Å². The monoisotopic (exact) mass is 474 g/mol. The molecule has 12 heteroatoms. The average molecular weight is 475 g/mol. The van der Waals surface area contributed by atoms with Crippen LogP contribution in [0.1, 0.15) is 42.6 Å². The SMILES string of the molecule is CC(C)c1c(C(=O)NC(C)C(O)C(F)(F)F)cn2nc(-c3ccc(Cl)c(F)c3)[nH]c(=O)c12. The topological polar surface area (TPSA) is 99.5 Å². The van der Waals surface area contributed by atoms with Crippen molar-refractivity contribution in [1.82, 2.24) is 19.9 Å². The number of carbonyl (C=O) groups excluding carboxylic acids is 1. The van der Waals surface area contributed by atoms with Crippen LogP contribution in [0.2, 0.25) is 5.02 Å². The molecule has 7 nitrogen and oxygen atoms in total. The summed E-state index contributed by atoms with van der Waals surface area (Å²) in [4.78, 5) is 28.0. The molecule has 1 amide bonds. The second kappa shape index (κ2) is 8.55. The lowest BCUT2D eigenvalue weighted by atomic mass is 9.99. The predicted octanol–water partition coefficient (Wildman–Crippen LogP) is 3.65. The maximum atomic E-state index is 13.8. The van der Waals surface area contributed by atoms with E-state index in [1.165, 1.54) is 18.3 Å². The van der Waals surface area contributed by atoms with Gasteiger partial charge in [-0.25, -0.2) is 8.91 Å². The number of rotatable bonds is 5. The molecule has 0 bridgehead atoms. The van der Waals surface area contributed by atoms with E-state index in [1.807, 2.05) is 0 Å². The number of nitrogens with zero attached hydrogens (tertiary/aromatic N) is 2. The van der Waals surface area contributed by atoms with Gasteiger partial charge in [-0.3, -0.25) is 9.59 Å². The lowest BCUT2D eigenvalue weighted by molar-refractivity contribution is -0.209. The Morgan fingerprint density at radius 2 is 1.94 bits per heavy atom. The summed E-state index contributed by atoms with van der Waals surface area (Å²) in [7, 11) is 0. The highest BCUT2D eigenvalue weighted by Gasteiger charge is 2.42. The molecule has 0 spiro atoms. The average Bonchev–Trinajstić information content (AvgIpc) is 3.09. The number of aromatic nitrogens is 3. The minimum absolute atomic E-state index is 0.00353. The standard InChI is InChI=1S/C20H19ClF4N4O3/c1-8(2)14-11(18(31)26-9(3)16(30)20(23,24)25)7-29-15(14)19(32)27-17(28-29)10-4-5-12(21)13(22)6-10/h4-9,16,30H,1-3H3,(H,26,31)(H,27,28,32). The summed E-state index contributed by atoms with van der Waals surface area (Å²) < 4.78 is 53.2. The maximum Gasteiger partial charge on any atom is 0.416 e. The zero-order chi connectivity index (χ0) is 24.0. The number of aliphatic hydroxyl groups is 1. The Bertz CT molecular complexity index is 1240. The molecule has 2 atom stereocenters. The van der Waals surface area contributed by atoms with Crippen molar-refractivity contribution in [2.75, 3.05) is 0 Å². The first-order valence-electron chi connectivity index (χ1n) is 9.47. The molecule has 0 fully saturated rings. The zero-order valence-corrected chi connectivity index (χ0v) is 17.8. The van der Waals surface area contributed by atoms with Crippen molar-refractivity contribution < 1.29 is 27.5 Å². The zero-order valence-electron chi connectivity index (χ0n) is 17.1. The second-order valence-corrected chi connectivity index (χ2v) is 7.99. The van der Waals surface area contributed by atoms with E-state index < -0.39 is 35.6 Å². The minimum atomic E-state index is -4.92. The third kappa shape index (κ3) is 4.49. The largest absolute Gasteiger partial charge is 0.416 e. The van der Waals surface area contributed by atoms with E-state index in [4.69, 9.17) is 11.6 Å². The van der Waals surface area contributed by atoms with Crippen molar-refractivity contribution in [3.05, 3.63) is 56.7 Å². The van der Waals surface area contributed by atoms with Gasteiger partial charge in [-0.05, 0) is 31.0 Å². The summed E-state index contributed by atoms with van der Waals surface area (Å²) in [5.41, 5.74) is -0.195. The van der Waals surface area contributed by atoms with E-state index in [0.29, 0.717) is 0 Å². The van der Waals surface area contributed by atoms with Crippen LogP contribution in [0.3, 0.4) is 0 Å². The summed E-state index contributed by atoms with van der Waals surface area (Å²) >= 11 is 5.67. The smallest absolute Gasteiger partial charge is 0.382 e. The number of nitrogens with one attached hydrogen (secondary N) is 2. The van der Waals surface area contributed by atoms with Crippen molar-refractivity contribution in [3.63, 3.8) is 0 Å². The maximum absolute atomic E-state index is 13.8. The Morgan fingerprint density at radius 1 is 1.28 bits per heavy atom. The predicted molar refractivity (Wildman–Crippen MR) is 109 cm³/mol. The highest BCUT2D eigenvalue weighted by molar-refractivity contribution is 6.30. The molecule has 3 N–H and O–H groups in total. The Balaban J connectivity index is 2.08. The van der Waals surface area contributed by atoms with Crippen LogP contribution in [0.4, 0.5) is 17.6 Å². The molecule has 0 radical (unpaired) electrons. The van der Waals surface area contributed by atoms with Gasteiger partial charge < -0.3 is 15.4 Å².